The van der Waals surface area contributed by atoms with Crippen molar-refractivity contribution in [3.8, 4) is 29.1 Å². The molecule has 3 heterocycles. The van der Waals surface area contributed by atoms with Crippen LogP contribution in [0.3, 0.4) is 0 Å². The van der Waals surface area contributed by atoms with Gasteiger partial charge < -0.3 is 14.2 Å². The summed E-state index contributed by atoms with van der Waals surface area (Å²) in [5, 5.41) is 0. The van der Waals surface area contributed by atoms with Gasteiger partial charge in [-0.25, -0.2) is 0 Å². The second-order valence-corrected chi connectivity index (χ2v) is 20.0. The van der Waals surface area contributed by atoms with Gasteiger partial charge in [-0.1, -0.05) is 102 Å². The van der Waals surface area contributed by atoms with Gasteiger partial charge in [0.25, 0.3) is 0 Å². The van der Waals surface area contributed by atoms with Crippen LogP contribution in [0, 0.1) is 29.6 Å². The molecule has 0 radical (unpaired) electrons. The fraction of sp³-hybridized carbons (Fsp3) is 0.490. The van der Waals surface area contributed by atoms with Gasteiger partial charge >= 0.3 is 12.0 Å². The van der Waals surface area contributed by atoms with Crippen LogP contribution < -0.4 is 14.2 Å². The molecular weight excluding hydrogens is 681 g/mol. The zero-order valence-corrected chi connectivity index (χ0v) is 34.1. The maximum absolute atomic E-state index is 12.9. The van der Waals surface area contributed by atoms with Crippen LogP contribution in [0.2, 0.25) is 0 Å². The quantitative estimate of drug-likeness (QED) is 0.0866. The van der Waals surface area contributed by atoms with Crippen LogP contribution in [0.1, 0.15) is 140 Å². The van der Waals surface area contributed by atoms with Crippen molar-refractivity contribution in [3.63, 3.8) is 0 Å². The fourth-order valence-corrected chi connectivity index (χ4v) is 9.78. The Hall–Kier alpha value is -4.63. The van der Waals surface area contributed by atoms with Crippen molar-refractivity contribution in [2.24, 2.45) is 17.8 Å². The van der Waals surface area contributed by atoms with E-state index >= 15 is 0 Å². The Labute approximate surface area is 327 Å². The number of benzene rings is 3. The topological polar surface area (TPSA) is 50.8 Å². The monoisotopic (exact) mass is 736 g/mol. The zero-order chi connectivity index (χ0) is 38.7. The van der Waals surface area contributed by atoms with Gasteiger partial charge in [0.15, 0.2) is 23.9 Å². The molecule has 3 aromatic carbocycles. The maximum atomic E-state index is 12.9. The Balaban J connectivity index is 1.08. The average Bonchev–Trinajstić information content (AvgIpc) is 3.83. The van der Waals surface area contributed by atoms with Gasteiger partial charge in [-0.2, -0.15) is 0 Å². The molecular formula is C49H56N2O4+2. The fourth-order valence-electron chi connectivity index (χ4n) is 9.78. The van der Waals surface area contributed by atoms with Gasteiger partial charge in [0.05, 0.1) is 17.0 Å². The molecule has 6 aliphatic rings. The largest absolute Gasteiger partial charge is 0.704 e. The van der Waals surface area contributed by atoms with Crippen LogP contribution in [-0.4, -0.2) is 45.7 Å². The van der Waals surface area contributed by atoms with Gasteiger partial charge in [0, 0.05) is 35.1 Å². The number of hydrogen-bond donors (Lipinski definition) is 0. The summed E-state index contributed by atoms with van der Waals surface area (Å²) in [6.45, 7) is 20.4. The number of esters is 1. The standard InChI is InChI=1S/C49H56N2O4/c1-46(2,3)36-26-35-29-51-42-13-11-10-12-41(42)50-28-34-23-32(15-14-30-17-20-37(21-18-30)53-45(52)38-24-31-16-19-33(38)22-31)25-39(47(4,5)6)43(34)54-49(50,51)55-44(35)40(27-36)48(7,8)9/h16-21,23,25-29,31,33,38,41-42H,10-13,22,24H2,1-9H3/q+2/t31?,33?,38?,41?,42-,49+/m1/s1. The van der Waals surface area contributed by atoms with Crippen LogP contribution in [-0.2, 0) is 21.0 Å². The Morgan fingerprint density at radius 3 is 1.84 bits per heavy atom. The van der Waals surface area contributed by atoms with Crippen LogP contribution in [0.4, 0.5) is 0 Å². The summed E-state index contributed by atoms with van der Waals surface area (Å²) in [7, 11) is 0. The van der Waals surface area contributed by atoms with Crippen molar-refractivity contribution in [1.29, 1.82) is 0 Å². The molecule has 1 spiro atoms. The molecule has 6 nitrogen and oxygen atoms in total. The van der Waals surface area contributed by atoms with Crippen molar-refractivity contribution in [3.05, 3.63) is 99.6 Å². The lowest BCUT2D eigenvalue weighted by molar-refractivity contribution is -0.866. The molecule has 55 heavy (non-hydrogen) atoms. The first-order valence-electron chi connectivity index (χ1n) is 20.5. The predicted octanol–water partition coefficient (Wildman–Crippen LogP) is 9.38. The Morgan fingerprint density at radius 1 is 0.709 bits per heavy atom. The SMILES string of the molecule is CC(C)(C)c1cc2c(c(C(C)(C)C)c1)O[C@@]13Oc4c(cc(C#Cc5ccc(OC(=O)C6CC7C=CC6C7)cc5)cc4C(C)(C)C)C=[N+]1C1CCCC[C@H]1[N+]3=C2. The number of allylic oxidation sites excluding steroid dienone is 2. The predicted molar refractivity (Wildman–Crippen MR) is 217 cm³/mol. The molecule has 0 aromatic heterocycles. The molecule has 3 fully saturated rings. The third kappa shape index (κ3) is 6.14. The van der Waals surface area contributed by atoms with Gasteiger partial charge in [-0.3, -0.25) is 4.79 Å². The molecule has 6 heteroatoms. The molecule has 0 amide bonds. The van der Waals surface area contributed by atoms with Gasteiger partial charge in [-0.15, -0.1) is 0 Å². The number of carbonyl (C=O) groups is 1. The van der Waals surface area contributed by atoms with E-state index in [0.717, 1.165) is 65.0 Å². The first kappa shape index (κ1) is 36.0. The summed E-state index contributed by atoms with van der Waals surface area (Å²) in [6.07, 6.45) is 15.6. The zero-order valence-electron chi connectivity index (χ0n) is 34.1. The van der Waals surface area contributed by atoms with E-state index < -0.39 is 6.03 Å². The minimum atomic E-state index is -1.12. The van der Waals surface area contributed by atoms with E-state index in [2.05, 4.69) is 132 Å². The van der Waals surface area contributed by atoms with Crippen molar-refractivity contribution in [2.75, 3.05) is 0 Å². The molecule has 2 saturated carbocycles. The summed E-state index contributed by atoms with van der Waals surface area (Å²) in [5.41, 5.74) is 7.23. The Kier molecular flexibility index (Phi) is 8.15. The van der Waals surface area contributed by atoms with E-state index in [9.17, 15) is 4.79 Å². The highest BCUT2D eigenvalue weighted by Crippen LogP contribution is 2.50. The second kappa shape index (κ2) is 12.4. The highest BCUT2D eigenvalue weighted by atomic mass is 16.7. The smallest absolute Gasteiger partial charge is 0.426 e. The van der Waals surface area contributed by atoms with Gasteiger partial charge in [0.1, 0.15) is 5.75 Å². The molecule has 3 aliphatic heterocycles. The first-order chi connectivity index (χ1) is 26.0. The third-order valence-corrected chi connectivity index (χ3v) is 12.8. The average molecular weight is 737 g/mol. The lowest BCUT2D eigenvalue weighted by Crippen LogP contribution is -2.60. The number of carbonyl (C=O) groups excluding carboxylic acids is 1. The second-order valence-electron chi connectivity index (χ2n) is 20.0. The van der Waals surface area contributed by atoms with E-state index in [4.69, 9.17) is 14.2 Å². The van der Waals surface area contributed by atoms with Crippen molar-refractivity contribution >= 4 is 18.4 Å². The normalized spacial score (nSPS) is 27.2. The molecule has 4 unspecified atom stereocenters. The number of nitrogens with zero attached hydrogens (tertiary/aromatic N) is 2. The van der Waals surface area contributed by atoms with Crippen molar-refractivity contribution < 1.29 is 28.2 Å². The van der Waals surface area contributed by atoms with Crippen molar-refractivity contribution in [2.45, 2.75) is 135 Å². The third-order valence-electron chi connectivity index (χ3n) is 12.8. The van der Waals surface area contributed by atoms with Crippen LogP contribution >= 0.6 is 0 Å². The number of ether oxygens (including phenoxy) is 3. The lowest BCUT2D eigenvalue weighted by atomic mass is 9.79. The lowest BCUT2D eigenvalue weighted by Gasteiger charge is -2.34. The Bertz CT molecular complexity index is 2260. The van der Waals surface area contributed by atoms with E-state index in [1.807, 2.05) is 24.3 Å². The summed E-state index contributed by atoms with van der Waals surface area (Å²) in [5.74, 6) is 9.90. The van der Waals surface area contributed by atoms with Gasteiger partial charge in [0.2, 0.25) is 12.1 Å². The Morgan fingerprint density at radius 2 is 1.29 bits per heavy atom. The van der Waals surface area contributed by atoms with Crippen LogP contribution in [0.25, 0.3) is 0 Å². The minimum Gasteiger partial charge on any atom is -0.426 e. The summed E-state index contributed by atoms with van der Waals surface area (Å²) in [6, 6.07) is 16.0. The van der Waals surface area contributed by atoms with Gasteiger partial charge in [-0.05, 0) is 102 Å². The highest BCUT2D eigenvalue weighted by molar-refractivity contribution is 5.85. The summed E-state index contributed by atoms with van der Waals surface area (Å²) in [4.78, 5) is 12.9. The molecule has 1 saturated heterocycles. The summed E-state index contributed by atoms with van der Waals surface area (Å²) < 4.78 is 25.4. The molecule has 3 aromatic rings. The molecule has 0 N–H and O–H groups in total. The molecule has 2 bridgehead atoms. The minimum absolute atomic E-state index is 0.00347. The number of fused-ring (bicyclic) bond motifs is 7. The molecule has 284 valence electrons. The number of rotatable bonds is 2. The van der Waals surface area contributed by atoms with Crippen molar-refractivity contribution in [1.82, 2.24) is 0 Å². The van der Waals surface area contributed by atoms with Crippen LogP contribution in [0.5, 0.6) is 17.2 Å². The van der Waals surface area contributed by atoms with E-state index in [-0.39, 0.29) is 40.2 Å². The maximum Gasteiger partial charge on any atom is 0.704 e. The molecule has 3 aliphatic carbocycles. The van der Waals surface area contributed by atoms with Crippen LogP contribution in [0.15, 0.2) is 60.7 Å². The number of hydrogen-bond acceptors (Lipinski definition) is 4. The van der Waals surface area contributed by atoms with E-state index in [1.54, 1.807) is 0 Å². The first-order valence-corrected chi connectivity index (χ1v) is 20.5. The molecule has 9 rings (SSSR count). The highest BCUT2D eigenvalue weighted by Gasteiger charge is 2.77. The molecule has 6 atom stereocenters. The van der Waals surface area contributed by atoms with E-state index in [0.29, 0.717) is 17.6 Å². The summed E-state index contributed by atoms with van der Waals surface area (Å²) >= 11 is 0. The van der Waals surface area contributed by atoms with E-state index in [1.165, 1.54) is 24.0 Å².